The van der Waals surface area contributed by atoms with Crippen molar-refractivity contribution in [2.75, 3.05) is 27.2 Å². The van der Waals surface area contributed by atoms with Gasteiger partial charge in [0.2, 0.25) is 17.7 Å². The van der Waals surface area contributed by atoms with Crippen LogP contribution in [0.25, 0.3) is 0 Å². The number of likely N-dealkylation sites (tertiary alicyclic amines) is 1. The van der Waals surface area contributed by atoms with Crippen molar-refractivity contribution in [1.29, 1.82) is 0 Å². The third-order valence-electron chi connectivity index (χ3n) is 4.33. The summed E-state index contributed by atoms with van der Waals surface area (Å²) in [7, 11) is 3.16. The van der Waals surface area contributed by atoms with E-state index in [9.17, 15) is 14.4 Å². The van der Waals surface area contributed by atoms with Gasteiger partial charge in [-0.1, -0.05) is 12.1 Å². The first-order valence-electron chi connectivity index (χ1n) is 8.46. The molecule has 1 atom stereocenters. The second-order valence-corrected chi connectivity index (χ2v) is 5.99. The van der Waals surface area contributed by atoms with Crippen LogP contribution in [0.4, 0.5) is 0 Å². The highest BCUT2D eigenvalue weighted by molar-refractivity contribution is 5.90. The Hall–Kier alpha value is -2.57. The van der Waals surface area contributed by atoms with Crippen molar-refractivity contribution in [3.8, 4) is 5.75 Å². The summed E-state index contributed by atoms with van der Waals surface area (Å²) in [6.07, 6.45) is 2.32. The van der Waals surface area contributed by atoms with Gasteiger partial charge in [0.05, 0.1) is 13.7 Å². The Morgan fingerprint density at radius 3 is 2.84 bits per heavy atom. The smallest absolute Gasteiger partial charge is 0.242 e. The number of nitrogens with one attached hydrogen (secondary N) is 2. The van der Waals surface area contributed by atoms with Crippen LogP contribution in [0.5, 0.6) is 5.75 Å². The summed E-state index contributed by atoms with van der Waals surface area (Å²) in [5.41, 5.74) is 1.00. The van der Waals surface area contributed by atoms with Crippen molar-refractivity contribution in [2.45, 2.75) is 31.7 Å². The fraction of sp³-hybridized carbons (Fsp3) is 0.500. The molecule has 2 N–H and O–H groups in total. The standard InChI is InChI=1S/C18H25N3O4/c1-19-18(24)15-7-4-10-21(15)17(23)12-20-16(22)9-8-13-5-3-6-14(11-13)25-2/h3,5-6,11,15H,4,7-10,12H2,1-2H3,(H,19,24)(H,20,22)/t15-/m0/s1. The maximum absolute atomic E-state index is 12.3. The second kappa shape index (κ2) is 9.05. The molecule has 1 heterocycles. The van der Waals surface area contributed by atoms with Crippen molar-refractivity contribution >= 4 is 17.7 Å². The van der Waals surface area contributed by atoms with Gasteiger partial charge in [-0.25, -0.2) is 0 Å². The van der Waals surface area contributed by atoms with Gasteiger partial charge in [0.15, 0.2) is 0 Å². The van der Waals surface area contributed by atoms with Crippen LogP contribution in [0.2, 0.25) is 0 Å². The number of methoxy groups -OCH3 is 1. The number of aryl methyl sites for hydroxylation is 1. The first kappa shape index (κ1) is 18.8. The van der Waals surface area contributed by atoms with Gasteiger partial charge in [0.25, 0.3) is 0 Å². The Bertz CT molecular complexity index is 633. The Labute approximate surface area is 147 Å². The summed E-state index contributed by atoms with van der Waals surface area (Å²) in [6, 6.07) is 7.12. The van der Waals surface area contributed by atoms with Crippen LogP contribution < -0.4 is 15.4 Å². The number of amides is 3. The van der Waals surface area contributed by atoms with E-state index in [1.54, 1.807) is 19.1 Å². The number of benzene rings is 1. The third-order valence-corrected chi connectivity index (χ3v) is 4.33. The number of nitrogens with zero attached hydrogens (tertiary/aromatic N) is 1. The van der Waals surface area contributed by atoms with Gasteiger partial charge >= 0.3 is 0 Å². The highest BCUT2D eigenvalue weighted by atomic mass is 16.5. The lowest BCUT2D eigenvalue weighted by Gasteiger charge is -2.23. The summed E-state index contributed by atoms with van der Waals surface area (Å²) in [4.78, 5) is 37.5. The maximum Gasteiger partial charge on any atom is 0.242 e. The van der Waals surface area contributed by atoms with Crippen molar-refractivity contribution in [3.05, 3.63) is 29.8 Å². The predicted octanol–water partition coefficient (Wildman–Crippen LogP) is 0.481. The van der Waals surface area contributed by atoms with E-state index in [4.69, 9.17) is 4.74 Å². The number of hydrogen-bond donors (Lipinski definition) is 2. The van der Waals surface area contributed by atoms with Gasteiger partial charge < -0.3 is 20.3 Å². The molecule has 25 heavy (non-hydrogen) atoms. The minimum Gasteiger partial charge on any atom is -0.497 e. The topological polar surface area (TPSA) is 87.7 Å². The van der Waals surface area contributed by atoms with E-state index < -0.39 is 6.04 Å². The fourth-order valence-electron chi connectivity index (χ4n) is 2.95. The van der Waals surface area contributed by atoms with Gasteiger partial charge in [0, 0.05) is 20.0 Å². The molecule has 1 saturated heterocycles. The quantitative estimate of drug-likeness (QED) is 0.751. The molecule has 7 nitrogen and oxygen atoms in total. The highest BCUT2D eigenvalue weighted by Crippen LogP contribution is 2.17. The second-order valence-electron chi connectivity index (χ2n) is 5.99. The van der Waals surface area contributed by atoms with Gasteiger partial charge in [-0.15, -0.1) is 0 Å². The van der Waals surface area contributed by atoms with E-state index >= 15 is 0 Å². The monoisotopic (exact) mass is 347 g/mol. The van der Waals surface area contributed by atoms with Crippen LogP contribution in [0.3, 0.4) is 0 Å². The van der Waals surface area contributed by atoms with E-state index in [-0.39, 0.29) is 24.3 Å². The molecule has 1 aliphatic heterocycles. The molecule has 0 spiro atoms. The Balaban J connectivity index is 1.77. The maximum atomic E-state index is 12.3. The lowest BCUT2D eigenvalue weighted by Crippen LogP contribution is -2.48. The molecule has 136 valence electrons. The van der Waals surface area contributed by atoms with Crippen molar-refractivity contribution in [2.24, 2.45) is 0 Å². The number of likely N-dealkylation sites (N-methyl/N-ethyl adjacent to an activating group) is 1. The van der Waals surface area contributed by atoms with Crippen LogP contribution in [-0.2, 0) is 20.8 Å². The summed E-state index contributed by atoms with van der Waals surface area (Å²) >= 11 is 0. The van der Waals surface area contributed by atoms with E-state index in [2.05, 4.69) is 10.6 Å². The van der Waals surface area contributed by atoms with E-state index in [1.807, 2.05) is 24.3 Å². The van der Waals surface area contributed by atoms with Crippen molar-refractivity contribution < 1.29 is 19.1 Å². The van der Waals surface area contributed by atoms with Crippen molar-refractivity contribution in [1.82, 2.24) is 15.5 Å². The zero-order valence-corrected chi connectivity index (χ0v) is 14.7. The number of hydrogen-bond acceptors (Lipinski definition) is 4. The molecule has 0 unspecified atom stereocenters. The van der Waals surface area contributed by atoms with Gasteiger partial charge in [-0.3, -0.25) is 14.4 Å². The summed E-state index contributed by atoms with van der Waals surface area (Å²) in [5, 5.41) is 5.22. The molecule has 0 saturated carbocycles. The number of carbonyl (C=O) groups excluding carboxylic acids is 3. The first-order chi connectivity index (χ1) is 12.0. The zero-order chi connectivity index (χ0) is 18.2. The number of carbonyl (C=O) groups is 3. The third kappa shape index (κ3) is 5.20. The van der Waals surface area contributed by atoms with E-state index in [0.29, 0.717) is 25.8 Å². The minimum absolute atomic E-state index is 0.0789. The van der Waals surface area contributed by atoms with Crippen LogP contribution in [0, 0.1) is 0 Å². The van der Waals surface area contributed by atoms with Crippen LogP contribution in [0.15, 0.2) is 24.3 Å². The SMILES string of the molecule is CNC(=O)[C@@H]1CCCN1C(=O)CNC(=O)CCc1cccc(OC)c1. The highest BCUT2D eigenvalue weighted by Gasteiger charge is 2.33. The molecule has 7 heteroatoms. The number of ether oxygens (including phenoxy) is 1. The molecule has 1 aliphatic rings. The lowest BCUT2D eigenvalue weighted by molar-refractivity contribution is -0.138. The van der Waals surface area contributed by atoms with Crippen LogP contribution in [-0.4, -0.2) is 55.9 Å². The molecule has 0 bridgehead atoms. The van der Waals surface area contributed by atoms with Gasteiger partial charge in [0.1, 0.15) is 11.8 Å². The molecular formula is C18H25N3O4. The largest absolute Gasteiger partial charge is 0.497 e. The Morgan fingerprint density at radius 1 is 1.32 bits per heavy atom. The molecular weight excluding hydrogens is 322 g/mol. The Kier molecular flexibility index (Phi) is 6.80. The molecule has 2 rings (SSSR count). The molecule has 1 aromatic carbocycles. The Morgan fingerprint density at radius 2 is 2.12 bits per heavy atom. The van der Waals surface area contributed by atoms with E-state index in [1.165, 1.54) is 0 Å². The van der Waals surface area contributed by atoms with E-state index in [0.717, 1.165) is 17.7 Å². The summed E-state index contributed by atoms with van der Waals surface area (Å²) < 4.78 is 5.15. The molecule has 0 aromatic heterocycles. The summed E-state index contributed by atoms with van der Waals surface area (Å²) in [5.74, 6) is 0.185. The fourth-order valence-corrected chi connectivity index (χ4v) is 2.95. The molecule has 0 aliphatic carbocycles. The van der Waals surface area contributed by atoms with Crippen molar-refractivity contribution in [3.63, 3.8) is 0 Å². The van der Waals surface area contributed by atoms with Gasteiger partial charge in [-0.2, -0.15) is 0 Å². The van der Waals surface area contributed by atoms with Crippen LogP contribution >= 0.6 is 0 Å². The molecule has 0 radical (unpaired) electrons. The lowest BCUT2D eigenvalue weighted by atomic mass is 10.1. The normalized spacial score (nSPS) is 16.4. The minimum atomic E-state index is -0.425. The molecule has 3 amide bonds. The van der Waals surface area contributed by atoms with Crippen LogP contribution in [0.1, 0.15) is 24.8 Å². The average Bonchev–Trinajstić information content (AvgIpc) is 3.13. The molecule has 1 aromatic rings. The number of rotatable bonds is 7. The predicted molar refractivity (Wildman–Crippen MR) is 93.1 cm³/mol. The first-order valence-corrected chi connectivity index (χ1v) is 8.46. The average molecular weight is 347 g/mol. The molecule has 1 fully saturated rings. The summed E-state index contributed by atoms with van der Waals surface area (Å²) in [6.45, 7) is 0.473. The van der Waals surface area contributed by atoms with Gasteiger partial charge in [-0.05, 0) is 37.0 Å². The zero-order valence-electron chi connectivity index (χ0n) is 14.7.